The first-order valence-electron chi connectivity index (χ1n) is 9.49. The van der Waals surface area contributed by atoms with Crippen LogP contribution in [0.1, 0.15) is 45.2 Å². The summed E-state index contributed by atoms with van der Waals surface area (Å²) in [7, 11) is 1.62. The number of allylic oxidation sites excluding steroid dienone is 1. The molecule has 0 saturated heterocycles. The maximum atomic E-state index is 12.7. The third kappa shape index (κ3) is 4.04. The number of amidine groups is 1. The van der Waals surface area contributed by atoms with E-state index in [-0.39, 0.29) is 12.0 Å². The minimum atomic E-state index is -0.347. The fraction of sp³-hybridized carbons (Fsp3) is 0.429. The fourth-order valence-electron chi connectivity index (χ4n) is 3.20. The van der Waals surface area contributed by atoms with Crippen molar-refractivity contribution in [3.05, 3.63) is 46.6 Å². The van der Waals surface area contributed by atoms with Gasteiger partial charge in [-0.25, -0.2) is 9.79 Å². The first-order valence-corrected chi connectivity index (χ1v) is 10.4. The molecule has 2 heterocycles. The summed E-state index contributed by atoms with van der Waals surface area (Å²) in [6, 6.07) is 5.48. The first-order chi connectivity index (χ1) is 13.6. The molecule has 3 rings (SSSR count). The number of carbonyl (C=O) groups is 1. The Labute approximate surface area is 170 Å². The molecule has 0 unspecified atom stereocenters. The molecule has 0 aromatic heterocycles. The Morgan fingerprint density at radius 1 is 1.29 bits per heavy atom. The van der Waals surface area contributed by atoms with E-state index < -0.39 is 0 Å². The minimum Gasteiger partial charge on any atom is -0.493 e. The molecule has 1 aromatic carbocycles. The van der Waals surface area contributed by atoms with Crippen molar-refractivity contribution in [2.75, 3.05) is 20.3 Å². The van der Waals surface area contributed by atoms with E-state index in [0.717, 1.165) is 23.6 Å². The lowest BCUT2D eigenvalue weighted by Crippen LogP contribution is -2.34. The minimum absolute atomic E-state index is 0.316. The quantitative estimate of drug-likeness (QED) is 0.466. The number of nitrogens with zero attached hydrogens (tertiary/aromatic N) is 2. The summed E-state index contributed by atoms with van der Waals surface area (Å²) in [5.41, 5.74) is 2.13. The van der Waals surface area contributed by atoms with Gasteiger partial charge in [-0.3, -0.25) is 0 Å². The Bertz CT molecular complexity index is 832. The number of fused-ring (bicyclic) bond motifs is 1. The number of carbonyl (C=O) groups excluding carboxylic acids is 1. The largest absolute Gasteiger partial charge is 0.493 e. The van der Waals surface area contributed by atoms with Crippen LogP contribution < -0.4 is 9.47 Å². The van der Waals surface area contributed by atoms with E-state index in [1.807, 2.05) is 41.6 Å². The number of benzene rings is 1. The first kappa shape index (κ1) is 20.3. The SMILES string of the molecule is CCCCOc1ccc([C@H]2C(C(=O)OCC)=C(C)N=C3SC=CN32)cc1OC. The van der Waals surface area contributed by atoms with E-state index in [1.165, 1.54) is 11.8 Å². The molecule has 2 aliphatic heterocycles. The van der Waals surface area contributed by atoms with Crippen LogP contribution in [0.15, 0.2) is 46.1 Å². The van der Waals surface area contributed by atoms with Crippen LogP contribution in [0.3, 0.4) is 0 Å². The number of hydrogen-bond donors (Lipinski definition) is 0. The highest BCUT2D eigenvalue weighted by molar-refractivity contribution is 8.16. The fourth-order valence-corrected chi connectivity index (χ4v) is 3.99. The molecule has 0 spiro atoms. The van der Waals surface area contributed by atoms with Crippen LogP contribution in [0, 0.1) is 0 Å². The van der Waals surface area contributed by atoms with Crippen molar-refractivity contribution in [2.45, 2.75) is 39.7 Å². The Balaban J connectivity index is 2.00. The van der Waals surface area contributed by atoms with E-state index in [4.69, 9.17) is 14.2 Å². The molecule has 1 aromatic rings. The highest BCUT2D eigenvalue weighted by Crippen LogP contribution is 2.43. The van der Waals surface area contributed by atoms with E-state index in [9.17, 15) is 4.79 Å². The molecule has 1 atom stereocenters. The molecule has 2 aliphatic rings. The van der Waals surface area contributed by atoms with Crippen LogP contribution in [-0.2, 0) is 9.53 Å². The zero-order valence-electron chi connectivity index (χ0n) is 16.7. The molecule has 0 amide bonds. The van der Waals surface area contributed by atoms with Crippen LogP contribution >= 0.6 is 11.8 Å². The van der Waals surface area contributed by atoms with Gasteiger partial charge in [0, 0.05) is 6.20 Å². The van der Waals surface area contributed by atoms with Gasteiger partial charge in [0.1, 0.15) is 0 Å². The van der Waals surface area contributed by atoms with Crippen LogP contribution in [0.2, 0.25) is 0 Å². The van der Waals surface area contributed by atoms with Gasteiger partial charge in [-0.1, -0.05) is 31.2 Å². The topological polar surface area (TPSA) is 60.4 Å². The molecular formula is C21H26N2O4S. The van der Waals surface area contributed by atoms with Gasteiger partial charge in [0.05, 0.1) is 37.6 Å². The van der Waals surface area contributed by atoms with Crippen molar-refractivity contribution < 1.29 is 19.0 Å². The standard InChI is InChI=1S/C21H26N2O4S/c1-5-7-11-27-16-9-8-15(13-17(16)25-4)19-18(20(24)26-6-2)14(3)22-21-23(19)10-12-28-21/h8-10,12-13,19H,5-7,11H2,1-4H3/t19-/m0/s1. The number of aliphatic imine (C=N–C) groups is 1. The van der Waals surface area contributed by atoms with Crippen LogP contribution in [0.25, 0.3) is 0 Å². The smallest absolute Gasteiger partial charge is 0.338 e. The molecule has 0 saturated carbocycles. The maximum absolute atomic E-state index is 12.7. The summed E-state index contributed by atoms with van der Waals surface area (Å²) in [6.07, 6.45) is 3.99. The van der Waals surface area contributed by atoms with Crippen molar-refractivity contribution in [3.8, 4) is 11.5 Å². The average molecular weight is 403 g/mol. The molecule has 0 radical (unpaired) electrons. The van der Waals surface area contributed by atoms with E-state index in [0.29, 0.717) is 36.0 Å². The van der Waals surface area contributed by atoms with Gasteiger partial charge in [0.15, 0.2) is 16.7 Å². The highest BCUT2D eigenvalue weighted by Gasteiger charge is 2.37. The van der Waals surface area contributed by atoms with Crippen molar-refractivity contribution in [1.82, 2.24) is 4.90 Å². The zero-order valence-corrected chi connectivity index (χ0v) is 17.5. The second-order valence-corrected chi connectivity index (χ2v) is 7.31. The van der Waals surface area contributed by atoms with Crippen molar-refractivity contribution in [2.24, 2.45) is 4.99 Å². The predicted molar refractivity (Wildman–Crippen MR) is 111 cm³/mol. The summed E-state index contributed by atoms with van der Waals surface area (Å²) in [5.74, 6) is 1.00. The molecule has 0 fully saturated rings. The van der Waals surface area contributed by atoms with Crippen LogP contribution in [-0.4, -0.2) is 36.4 Å². The normalized spacial score (nSPS) is 18.1. The average Bonchev–Trinajstić information content (AvgIpc) is 3.15. The molecule has 0 bridgehead atoms. The Kier molecular flexibility index (Phi) is 6.67. The van der Waals surface area contributed by atoms with Gasteiger partial charge in [0.25, 0.3) is 0 Å². The molecule has 6 nitrogen and oxygen atoms in total. The van der Waals surface area contributed by atoms with Gasteiger partial charge in [-0.05, 0) is 43.4 Å². The molecule has 150 valence electrons. The van der Waals surface area contributed by atoms with Gasteiger partial charge in [-0.15, -0.1) is 0 Å². The number of unbranched alkanes of at least 4 members (excludes halogenated alkanes) is 1. The predicted octanol–water partition coefficient (Wildman–Crippen LogP) is 4.64. The monoisotopic (exact) mass is 402 g/mol. The second kappa shape index (κ2) is 9.19. The van der Waals surface area contributed by atoms with Crippen molar-refractivity contribution in [1.29, 1.82) is 0 Å². The lowest BCUT2D eigenvalue weighted by molar-refractivity contribution is -0.139. The number of hydrogen-bond acceptors (Lipinski definition) is 7. The third-order valence-electron chi connectivity index (χ3n) is 4.57. The number of esters is 1. The summed E-state index contributed by atoms with van der Waals surface area (Å²) >= 11 is 1.54. The van der Waals surface area contributed by atoms with E-state index in [2.05, 4.69) is 11.9 Å². The number of thioether (sulfide) groups is 1. The van der Waals surface area contributed by atoms with Crippen LogP contribution in [0.5, 0.6) is 11.5 Å². The second-order valence-electron chi connectivity index (χ2n) is 6.44. The summed E-state index contributed by atoms with van der Waals surface area (Å²) in [4.78, 5) is 19.3. The molecule has 28 heavy (non-hydrogen) atoms. The Hall–Kier alpha value is -2.41. The number of rotatable bonds is 8. The van der Waals surface area contributed by atoms with Crippen molar-refractivity contribution in [3.63, 3.8) is 0 Å². The lowest BCUT2D eigenvalue weighted by atomic mass is 9.94. The molecular weight excluding hydrogens is 376 g/mol. The third-order valence-corrected chi connectivity index (χ3v) is 5.35. The Morgan fingerprint density at radius 3 is 2.82 bits per heavy atom. The van der Waals surface area contributed by atoms with Crippen molar-refractivity contribution >= 4 is 22.9 Å². The van der Waals surface area contributed by atoms with E-state index >= 15 is 0 Å². The summed E-state index contributed by atoms with van der Waals surface area (Å²) in [6.45, 7) is 6.74. The molecule has 7 heteroatoms. The zero-order chi connectivity index (χ0) is 20.1. The highest BCUT2D eigenvalue weighted by atomic mass is 32.2. The van der Waals surface area contributed by atoms with Gasteiger partial charge in [-0.2, -0.15) is 0 Å². The molecule has 0 N–H and O–H groups in total. The number of methoxy groups -OCH3 is 1. The number of ether oxygens (including phenoxy) is 3. The van der Waals surface area contributed by atoms with Gasteiger partial charge >= 0.3 is 5.97 Å². The van der Waals surface area contributed by atoms with Crippen LogP contribution in [0.4, 0.5) is 0 Å². The van der Waals surface area contributed by atoms with Gasteiger partial charge < -0.3 is 19.1 Å². The van der Waals surface area contributed by atoms with Gasteiger partial charge in [0.2, 0.25) is 0 Å². The Morgan fingerprint density at radius 2 is 2.11 bits per heavy atom. The van der Waals surface area contributed by atoms with E-state index in [1.54, 1.807) is 14.0 Å². The lowest BCUT2D eigenvalue weighted by Gasteiger charge is -2.33. The molecule has 0 aliphatic carbocycles. The maximum Gasteiger partial charge on any atom is 0.338 e. The summed E-state index contributed by atoms with van der Waals surface area (Å²) < 4.78 is 16.7. The summed E-state index contributed by atoms with van der Waals surface area (Å²) in [5, 5.41) is 2.81.